The Hall–Kier alpha value is -2.09. The number of aliphatic carboxylic acids is 1. The molecule has 0 radical (unpaired) electrons. The first kappa shape index (κ1) is 16.0. The number of carbonyl (C=O) groups is 2. The van der Waals surface area contributed by atoms with E-state index in [-0.39, 0.29) is 0 Å². The molecule has 1 rings (SSSR count). The van der Waals surface area contributed by atoms with Crippen LogP contribution in [0.1, 0.15) is 6.42 Å². The van der Waals surface area contributed by atoms with Crippen molar-refractivity contribution in [2.75, 3.05) is 23.9 Å². The lowest BCUT2D eigenvalue weighted by atomic mass is 10.3. The van der Waals surface area contributed by atoms with Gasteiger partial charge in [-0.15, -0.1) is 0 Å². The van der Waals surface area contributed by atoms with Crippen molar-refractivity contribution in [3.8, 4) is 5.75 Å². The Labute approximate surface area is 116 Å². The van der Waals surface area contributed by atoms with Gasteiger partial charge in [0.25, 0.3) is 0 Å². The van der Waals surface area contributed by atoms with E-state index in [1.807, 2.05) is 0 Å². The number of amides is 1. The van der Waals surface area contributed by atoms with Crippen molar-refractivity contribution in [3.63, 3.8) is 0 Å². The van der Waals surface area contributed by atoms with Crippen LogP contribution in [0, 0.1) is 0 Å². The standard InChI is InChI=1S/C12H15NO6S/c1-19-10-4-2-9(3-5-10)13-11(14)8-20(17,18)7-6-12(15)16/h2-5H,6-8H2,1H3,(H,13,14)(H,15,16). The molecule has 1 aromatic carbocycles. The number of rotatable bonds is 7. The minimum Gasteiger partial charge on any atom is -0.497 e. The molecule has 110 valence electrons. The molecule has 0 aromatic heterocycles. The van der Waals surface area contributed by atoms with Gasteiger partial charge in [-0.3, -0.25) is 9.59 Å². The molecule has 8 heteroatoms. The SMILES string of the molecule is COc1ccc(NC(=O)CS(=O)(=O)CCC(=O)O)cc1. The first-order valence-corrected chi connectivity index (χ1v) is 7.50. The summed E-state index contributed by atoms with van der Waals surface area (Å²) in [6, 6.07) is 6.38. The van der Waals surface area contributed by atoms with Crippen molar-refractivity contribution in [1.29, 1.82) is 0 Å². The van der Waals surface area contributed by atoms with E-state index in [4.69, 9.17) is 9.84 Å². The molecule has 2 N–H and O–H groups in total. The molecular weight excluding hydrogens is 286 g/mol. The van der Waals surface area contributed by atoms with Gasteiger partial charge in [-0.1, -0.05) is 0 Å². The fourth-order valence-corrected chi connectivity index (χ4v) is 2.49. The average Bonchev–Trinajstić information content (AvgIpc) is 2.37. The van der Waals surface area contributed by atoms with Gasteiger partial charge in [0, 0.05) is 5.69 Å². The van der Waals surface area contributed by atoms with Crippen LogP contribution >= 0.6 is 0 Å². The Bertz CT molecular complexity index is 578. The van der Waals surface area contributed by atoms with E-state index in [1.165, 1.54) is 7.11 Å². The van der Waals surface area contributed by atoms with Crippen LogP contribution in [-0.2, 0) is 19.4 Å². The number of ether oxygens (including phenoxy) is 1. The summed E-state index contributed by atoms with van der Waals surface area (Å²) in [6.45, 7) is 0. The molecular formula is C12H15NO6S. The lowest BCUT2D eigenvalue weighted by molar-refractivity contribution is -0.136. The second-order valence-corrected chi connectivity index (χ2v) is 6.20. The van der Waals surface area contributed by atoms with Crippen LogP contribution in [0.15, 0.2) is 24.3 Å². The third kappa shape index (κ3) is 5.70. The number of anilines is 1. The van der Waals surface area contributed by atoms with Crippen LogP contribution in [-0.4, -0.2) is 44.0 Å². The van der Waals surface area contributed by atoms with Crippen LogP contribution in [0.5, 0.6) is 5.75 Å². The summed E-state index contributed by atoms with van der Waals surface area (Å²) >= 11 is 0. The summed E-state index contributed by atoms with van der Waals surface area (Å²) in [5.41, 5.74) is 0.434. The highest BCUT2D eigenvalue weighted by molar-refractivity contribution is 7.92. The van der Waals surface area contributed by atoms with Crippen LogP contribution in [0.3, 0.4) is 0 Å². The van der Waals surface area contributed by atoms with Crippen molar-refractivity contribution < 1.29 is 27.9 Å². The lowest BCUT2D eigenvalue weighted by Crippen LogP contribution is -2.25. The first-order valence-electron chi connectivity index (χ1n) is 5.68. The number of hydrogen-bond acceptors (Lipinski definition) is 5. The van der Waals surface area contributed by atoms with Gasteiger partial charge in [0.15, 0.2) is 9.84 Å². The van der Waals surface area contributed by atoms with E-state index in [9.17, 15) is 18.0 Å². The molecule has 0 saturated carbocycles. The van der Waals surface area contributed by atoms with Gasteiger partial charge in [0.05, 0.1) is 19.3 Å². The number of sulfone groups is 1. The molecule has 0 saturated heterocycles. The molecule has 0 aliphatic heterocycles. The second kappa shape index (κ2) is 6.90. The van der Waals surface area contributed by atoms with Crippen molar-refractivity contribution >= 4 is 27.4 Å². The molecule has 1 amide bonds. The fraction of sp³-hybridized carbons (Fsp3) is 0.333. The number of hydrogen-bond donors (Lipinski definition) is 2. The number of nitrogens with one attached hydrogen (secondary N) is 1. The Morgan fingerprint density at radius 1 is 1.25 bits per heavy atom. The topological polar surface area (TPSA) is 110 Å². The van der Waals surface area contributed by atoms with Gasteiger partial charge in [-0.05, 0) is 24.3 Å². The van der Waals surface area contributed by atoms with Gasteiger partial charge in [-0.2, -0.15) is 0 Å². The summed E-state index contributed by atoms with van der Waals surface area (Å²) in [4.78, 5) is 21.9. The molecule has 7 nitrogen and oxygen atoms in total. The average molecular weight is 301 g/mol. The maximum absolute atomic E-state index is 11.6. The number of carbonyl (C=O) groups excluding carboxylic acids is 1. The third-order valence-corrected chi connectivity index (χ3v) is 3.88. The van der Waals surface area contributed by atoms with Gasteiger partial charge < -0.3 is 15.2 Å². The summed E-state index contributed by atoms with van der Waals surface area (Å²) in [6.07, 6.45) is -0.516. The Morgan fingerprint density at radius 3 is 2.35 bits per heavy atom. The zero-order chi connectivity index (χ0) is 15.2. The maximum atomic E-state index is 11.6. The molecule has 0 aliphatic carbocycles. The predicted molar refractivity (Wildman–Crippen MR) is 72.5 cm³/mol. The van der Waals surface area contributed by atoms with Gasteiger partial charge in [-0.25, -0.2) is 8.42 Å². The summed E-state index contributed by atoms with van der Waals surface area (Å²) in [5.74, 6) is -2.62. The number of methoxy groups -OCH3 is 1. The van der Waals surface area contributed by atoms with Gasteiger partial charge in [0.1, 0.15) is 11.5 Å². The first-order chi connectivity index (χ1) is 9.32. The summed E-state index contributed by atoms with van der Waals surface area (Å²) in [7, 11) is -2.22. The molecule has 0 fully saturated rings. The lowest BCUT2D eigenvalue weighted by Gasteiger charge is -2.06. The normalized spacial score (nSPS) is 10.8. The largest absolute Gasteiger partial charge is 0.497 e. The monoisotopic (exact) mass is 301 g/mol. The smallest absolute Gasteiger partial charge is 0.304 e. The minimum atomic E-state index is -3.73. The van der Waals surface area contributed by atoms with Crippen molar-refractivity contribution in [3.05, 3.63) is 24.3 Å². The highest BCUT2D eigenvalue weighted by Crippen LogP contribution is 2.14. The number of carboxylic acid groups (broad SMARTS) is 1. The number of carboxylic acids is 1. The van der Waals surface area contributed by atoms with Crippen molar-refractivity contribution in [2.45, 2.75) is 6.42 Å². The van der Waals surface area contributed by atoms with E-state index < -0.39 is 39.6 Å². The zero-order valence-electron chi connectivity index (χ0n) is 10.8. The Morgan fingerprint density at radius 2 is 1.85 bits per heavy atom. The quantitative estimate of drug-likeness (QED) is 0.760. The maximum Gasteiger partial charge on any atom is 0.304 e. The van der Waals surface area contributed by atoms with E-state index in [1.54, 1.807) is 24.3 Å². The van der Waals surface area contributed by atoms with Gasteiger partial charge in [0.2, 0.25) is 5.91 Å². The van der Waals surface area contributed by atoms with Crippen LogP contribution in [0.25, 0.3) is 0 Å². The van der Waals surface area contributed by atoms with Gasteiger partial charge >= 0.3 is 5.97 Å². The van der Waals surface area contributed by atoms with Crippen LogP contribution in [0.2, 0.25) is 0 Å². The molecule has 0 heterocycles. The molecule has 0 spiro atoms. The second-order valence-electron chi connectivity index (χ2n) is 4.01. The van der Waals surface area contributed by atoms with Crippen LogP contribution in [0.4, 0.5) is 5.69 Å². The van der Waals surface area contributed by atoms with Crippen molar-refractivity contribution in [2.24, 2.45) is 0 Å². The molecule has 0 unspecified atom stereocenters. The van der Waals surface area contributed by atoms with E-state index >= 15 is 0 Å². The molecule has 20 heavy (non-hydrogen) atoms. The number of benzene rings is 1. The third-order valence-electron chi connectivity index (χ3n) is 2.35. The fourth-order valence-electron chi connectivity index (χ4n) is 1.39. The Kier molecular flexibility index (Phi) is 5.51. The molecule has 0 bridgehead atoms. The van der Waals surface area contributed by atoms with E-state index in [2.05, 4.69) is 5.32 Å². The van der Waals surface area contributed by atoms with E-state index in [0.29, 0.717) is 11.4 Å². The van der Waals surface area contributed by atoms with Crippen LogP contribution < -0.4 is 10.1 Å². The predicted octanol–water partition coefficient (Wildman–Crippen LogP) is 0.523. The molecule has 1 aromatic rings. The minimum absolute atomic E-state index is 0.434. The Balaban J connectivity index is 2.56. The molecule has 0 aliphatic rings. The molecule has 0 atom stereocenters. The zero-order valence-corrected chi connectivity index (χ0v) is 11.6. The van der Waals surface area contributed by atoms with Crippen molar-refractivity contribution in [1.82, 2.24) is 0 Å². The van der Waals surface area contributed by atoms with E-state index in [0.717, 1.165) is 0 Å². The highest BCUT2D eigenvalue weighted by Gasteiger charge is 2.18. The summed E-state index contributed by atoms with van der Waals surface area (Å²) in [5, 5.41) is 10.8. The highest BCUT2D eigenvalue weighted by atomic mass is 32.2. The summed E-state index contributed by atoms with van der Waals surface area (Å²) < 4.78 is 27.9.